The number of aliphatic carboxylic acids is 1. The van der Waals surface area contributed by atoms with Gasteiger partial charge < -0.3 is 9.84 Å². The third kappa shape index (κ3) is 1.63. The van der Waals surface area contributed by atoms with Crippen LogP contribution in [0.4, 0.5) is 0 Å². The zero-order valence-electron chi connectivity index (χ0n) is 7.13. The first-order valence-electron chi connectivity index (χ1n) is 3.45. The minimum Gasteiger partial charge on any atom is -0.478 e. The van der Waals surface area contributed by atoms with Crippen LogP contribution in [-0.2, 0) is 9.53 Å². The van der Waals surface area contributed by atoms with Crippen molar-refractivity contribution >= 4 is 5.97 Å². The molecule has 0 rings (SSSR count). The molecule has 0 heterocycles. The van der Waals surface area contributed by atoms with E-state index in [1.165, 1.54) is 6.92 Å². The number of nitriles is 1. The lowest BCUT2D eigenvalue weighted by atomic mass is 9.98. The van der Waals surface area contributed by atoms with E-state index in [0.29, 0.717) is 0 Å². The molecule has 1 unspecified atom stereocenters. The average molecular weight is 169 g/mol. The molecule has 0 bridgehead atoms. The van der Waals surface area contributed by atoms with E-state index in [1.807, 2.05) is 0 Å². The first-order valence-corrected chi connectivity index (χ1v) is 3.45. The highest BCUT2D eigenvalue weighted by Gasteiger charge is 2.40. The van der Waals surface area contributed by atoms with Gasteiger partial charge in [-0.05, 0) is 19.4 Å². The summed E-state index contributed by atoms with van der Waals surface area (Å²) in [6.45, 7) is 6.64. The highest BCUT2D eigenvalue weighted by atomic mass is 16.5. The Kier molecular flexibility index (Phi) is 3.45. The van der Waals surface area contributed by atoms with Crippen molar-refractivity contribution in [3.05, 3.63) is 12.2 Å². The largest absolute Gasteiger partial charge is 0.478 e. The second-order valence-electron chi connectivity index (χ2n) is 2.31. The summed E-state index contributed by atoms with van der Waals surface area (Å²) < 4.78 is 4.84. The molecule has 4 nitrogen and oxygen atoms in total. The maximum absolute atomic E-state index is 10.7. The van der Waals surface area contributed by atoms with Gasteiger partial charge in [-0.1, -0.05) is 6.58 Å². The first kappa shape index (κ1) is 10.7. The third-order valence-electron chi connectivity index (χ3n) is 1.42. The van der Waals surface area contributed by atoms with E-state index in [9.17, 15) is 4.79 Å². The molecule has 0 aromatic rings. The molecule has 0 radical (unpaired) electrons. The lowest BCUT2D eigenvalue weighted by Crippen LogP contribution is -2.41. The molecule has 1 N–H and O–H groups in total. The van der Waals surface area contributed by atoms with Crippen LogP contribution in [0.1, 0.15) is 13.8 Å². The van der Waals surface area contributed by atoms with Gasteiger partial charge in [0.25, 0.3) is 5.60 Å². The van der Waals surface area contributed by atoms with E-state index in [-0.39, 0.29) is 12.2 Å². The molecule has 0 aromatic carbocycles. The molecule has 0 saturated carbocycles. The van der Waals surface area contributed by atoms with E-state index in [2.05, 4.69) is 6.58 Å². The summed E-state index contributed by atoms with van der Waals surface area (Å²) in [4.78, 5) is 10.7. The number of carbonyl (C=O) groups is 1. The molecule has 0 spiro atoms. The number of carboxylic acid groups (broad SMARTS) is 1. The Labute approximate surface area is 71.1 Å². The lowest BCUT2D eigenvalue weighted by Gasteiger charge is -2.21. The Balaban J connectivity index is 4.93. The second-order valence-corrected chi connectivity index (χ2v) is 2.31. The van der Waals surface area contributed by atoms with E-state index in [1.54, 1.807) is 13.0 Å². The number of hydrogen-bond acceptors (Lipinski definition) is 3. The van der Waals surface area contributed by atoms with Crippen LogP contribution in [0.2, 0.25) is 0 Å². The molecule has 12 heavy (non-hydrogen) atoms. The monoisotopic (exact) mass is 169 g/mol. The van der Waals surface area contributed by atoms with Crippen LogP contribution in [0.5, 0.6) is 0 Å². The van der Waals surface area contributed by atoms with Crippen LogP contribution < -0.4 is 0 Å². The maximum atomic E-state index is 10.7. The quantitative estimate of drug-likeness (QED) is 0.636. The van der Waals surface area contributed by atoms with Gasteiger partial charge in [0, 0.05) is 6.61 Å². The van der Waals surface area contributed by atoms with Crippen molar-refractivity contribution in [1.29, 1.82) is 5.26 Å². The Morgan fingerprint density at radius 1 is 1.83 bits per heavy atom. The van der Waals surface area contributed by atoms with Crippen molar-refractivity contribution in [1.82, 2.24) is 0 Å². The second kappa shape index (κ2) is 3.88. The van der Waals surface area contributed by atoms with Crippen molar-refractivity contribution in [3.63, 3.8) is 0 Å². The van der Waals surface area contributed by atoms with Crippen molar-refractivity contribution in [2.45, 2.75) is 19.4 Å². The fraction of sp³-hybridized carbons (Fsp3) is 0.500. The lowest BCUT2D eigenvalue weighted by molar-refractivity contribution is -0.153. The third-order valence-corrected chi connectivity index (χ3v) is 1.42. The van der Waals surface area contributed by atoms with Gasteiger partial charge in [0.1, 0.15) is 6.07 Å². The van der Waals surface area contributed by atoms with Gasteiger partial charge in [-0.25, -0.2) is 4.79 Å². The molecule has 0 aromatic heterocycles. The van der Waals surface area contributed by atoms with Crippen LogP contribution in [-0.4, -0.2) is 23.3 Å². The van der Waals surface area contributed by atoms with Gasteiger partial charge in [-0.15, -0.1) is 0 Å². The Hall–Kier alpha value is -1.34. The number of nitrogens with zero attached hydrogens (tertiary/aromatic N) is 1. The van der Waals surface area contributed by atoms with Crippen LogP contribution in [0.25, 0.3) is 0 Å². The van der Waals surface area contributed by atoms with Gasteiger partial charge in [0.15, 0.2) is 0 Å². The molecular weight excluding hydrogens is 158 g/mol. The molecule has 0 amide bonds. The molecule has 0 aliphatic heterocycles. The fourth-order valence-corrected chi connectivity index (χ4v) is 0.760. The van der Waals surface area contributed by atoms with Gasteiger partial charge in [0.2, 0.25) is 0 Å². The van der Waals surface area contributed by atoms with Crippen molar-refractivity contribution < 1.29 is 14.6 Å². The number of carboxylic acids is 1. The summed E-state index contributed by atoms with van der Waals surface area (Å²) in [5.74, 6) is -1.32. The molecule has 1 atom stereocenters. The predicted molar refractivity (Wildman–Crippen MR) is 42.4 cm³/mol. The van der Waals surface area contributed by atoms with Crippen molar-refractivity contribution in [2.24, 2.45) is 0 Å². The smallest absolute Gasteiger partial charge is 0.355 e. The summed E-state index contributed by atoms with van der Waals surface area (Å²) in [6, 6.07) is 1.59. The minimum atomic E-state index is -1.88. The molecule has 0 fully saturated rings. The standard InChI is InChI=1S/C8H11NO3/c1-4-12-8(5-9,6(2)3)7(10)11/h2,4H2,1,3H3,(H,10,11). The van der Waals surface area contributed by atoms with E-state index in [4.69, 9.17) is 15.1 Å². The summed E-state index contributed by atoms with van der Waals surface area (Å²) >= 11 is 0. The van der Waals surface area contributed by atoms with E-state index >= 15 is 0 Å². The zero-order valence-corrected chi connectivity index (χ0v) is 7.13. The van der Waals surface area contributed by atoms with Crippen LogP contribution >= 0.6 is 0 Å². The highest BCUT2D eigenvalue weighted by molar-refractivity contribution is 5.85. The van der Waals surface area contributed by atoms with Crippen LogP contribution in [0.3, 0.4) is 0 Å². The first-order chi connectivity index (χ1) is 5.51. The zero-order chi connectivity index (χ0) is 9.78. The van der Waals surface area contributed by atoms with E-state index in [0.717, 1.165) is 0 Å². The van der Waals surface area contributed by atoms with E-state index < -0.39 is 11.6 Å². The molecule has 4 heteroatoms. The summed E-state index contributed by atoms with van der Waals surface area (Å²) in [5.41, 5.74) is -1.70. The van der Waals surface area contributed by atoms with Gasteiger partial charge in [-0.2, -0.15) is 5.26 Å². The molecule has 0 aliphatic carbocycles. The summed E-state index contributed by atoms with van der Waals surface area (Å²) in [7, 11) is 0. The minimum absolute atomic E-state index is 0.159. The van der Waals surface area contributed by atoms with Crippen LogP contribution in [0, 0.1) is 11.3 Å². The Morgan fingerprint density at radius 2 is 2.33 bits per heavy atom. The van der Waals surface area contributed by atoms with Gasteiger partial charge >= 0.3 is 5.97 Å². The normalized spacial score (nSPS) is 14.4. The summed E-state index contributed by atoms with van der Waals surface area (Å²) in [6.07, 6.45) is 0. The molecular formula is C8H11NO3. The highest BCUT2D eigenvalue weighted by Crippen LogP contribution is 2.19. The fourth-order valence-electron chi connectivity index (χ4n) is 0.760. The average Bonchev–Trinajstić information content (AvgIpc) is 1.98. The topological polar surface area (TPSA) is 70.3 Å². The molecule has 66 valence electrons. The number of hydrogen-bond donors (Lipinski definition) is 1. The Morgan fingerprint density at radius 3 is 2.42 bits per heavy atom. The predicted octanol–water partition coefficient (Wildman–Crippen LogP) is 0.946. The number of rotatable bonds is 4. The van der Waals surface area contributed by atoms with Gasteiger partial charge in [0.05, 0.1) is 0 Å². The van der Waals surface area contributed by atoms with Crippen molar-refractivity contribution in [2.75, 3.05) is 6.61 Å². The van der Waals surface area contributed by atoms with Gasteiger partial charge in [-0.3, -0.25) is 0 Å². The van der Waals surface area contributed by atoms with Crippen LogP contribution in [0.15, 0.2) is 12.2 Å². The molecule has 0 aliphatic rings. The SMILES string of the molecule is C=C(C)C(C#N)(OCC)C(=O)O. The number of ether oxygens (including phenoxy) is 1. The molecule has 0 saturated heterocycles. The Bertz CT molecular complexity index is 225. The van der Waals surface area contributed by atoms with Crippen molar-refractivity contribution in [3.8, 4) is 6.07 Å². The maximum Gasteiger partial charge on any atom is 0.355 e. The summed E-state index contributed by atoms with van der Waals surface area (Å²) in [5, 5.41) is 17.3.